The molecule has 0 radical (unpaired) electrons. The van der Waals surface area contributed by atoms with E-state index in [1.165, 1.54) is 11.1 Å². The molecule has 0 aromatic heterocycles. The van der Waals surface area contributed by atoms with Crippen LogP contribution >= 0.6 is 0 Å². The minimum Gasteiger partial charge on any atom is -0.294 e. The second-order valence-corrected chi connectivity index (χ2v) is 5.87. The van der Waals surface area contributed by atoms with E-state index < -0.39 is 0 Å². The number of carbonyl (C=O) groups is 1. The van der Waals surface area contributed by atoms with Crippen LogP contribution < -0.4 is 0 Å². The molecule has 0 amide bonds. The summed E-state index contributed by atoms with van der Waals surface area (Å²) in [6, 6.07) is 18.6. The molecular weight excluding hydrogens is 256 g/mol. The number of carbonyl (C=O) groups excluding carboxylic acids is 1. The van der Waals surface area contributed by atoms with Crippen molar-refractivity contribution in [1.82, 2.24) is 0 Å². The van der Waals surface area contributed by atoms with Crippen LogP contribution in [0.15, 0.2) is 60.2 Å². The second-order valence-electron chi connectivity index (χ2n) is 5.87. The molecule has 0 spiro atoms. The third-order valence-corrected chi connectivity index (χ3v) is 4.19. The van der Waals surface area contributed by atoms with Crippen molar-refractivity contribution in [3.63, 3.8) is 0 Å². The van der Waals surface area contributed by atoms with Crippen LogP contribution in [0.1, 0.15) is 29.5 Å². The van der Waals surface area contributed by atoms with Gasteiger partial charge >= 0.3 is 0 Å². The van der Waals surface area contributed by atoms with Crippen molar-refractivity contribution in [2.75, 3.05) is 0 Å². The van der Waals surface area contributed by atoms with E-state index in [-0.39, 0.29) is 5.92 Å². The number of aryl methyl sites for hydroxylation is 1. The molecule has 1 aliphatic carbocycles. The molecule has 1 atom stereocenters. The van der Waals surface area contributed by atoms with Crippen LogP contribution in [0.5, 0.6) is 0 Å². The summed E-state index contributed by atoms with van der Waals surface area (Å²) in [6.45, 7) is 2.09. The molecule has 1 saturated carbocycles. The van der Waals surface area contributed by atoms with Crippen molar-refractivity contribution in [3.05, 3.63) is 76.9 Å². The van der Waals surface area contributed by atoms with Gasteiger partial charge in [0, 0.05) is 5.92 Å². The number of ketones is 1. The largest absolute Gasteiger partial charge is 0.294 e. The van der Waals surface area contributed by atoms with Crippen molar-refractivity contribution in [2.24, 2.45) is 5.92 Å². The lowest BCUT2D eigenvalue weighted by Gasteiger charge is -2.08. The van der Waals surface area contributed by atoms with Crippen molar-refractivity contribution in [1.29, 1.82) is 0 Å². The number of hydrogen-bond acceptors (Lipinski definition) is 1. The highest BCUT2D eigenvalue weighted by molar-refractivity contribution is 6.03. The Hall–Kier alpha value is -2.15. The molecule has 2 aromatic carbocycles. The Morgan fingerprint density at radius 1 is 1.05 bits per heavy atom. The fourth-order valence-corrected chi connectivity index (χ4v) is 2.94. The van der Waals surface area contributed by atoms with Crippen molar-refractivity contribution >= 4 is 11.9 Å². The zero-order valence-electron chi connectivity index (χ0n) is 12.4. The first kappa shape index (κ1) is 13.8. The van der Waals surface area contributed by atoms with Crippen molar-refractivity contribution in [3.8, 4) is 0 Å². The molecule has 1 aliphatic rings. The highest BCUT2D eigenvalue weighted by atomic mass is 16.1. The van der Waals surface area contributed by atoms with E-state index in [2.05, 4.69) is 37.3 Å². The van der Waals surface area contributed by atoms with Crippen molar-refractivity contribution in [2.45, 2.75) is 26.2 Å². The van der Waals surface area contributed by atoms with Crippen LogP contribution in [0.4, 0.5) is 0 Å². The molecule has 1 nitrogen and oxygen atoms in total. The average molecular weight is 276 g/mol. The number of hydrogen-bond donors (Lipinski definition) is 0. The molecule has 0 aliphatic heterocycles. The number of benzene rings is 2. The smallest absolute Gasteiger partial charge is 0.162 e. The highest BCUT2D eigenvalue weighted by Crippen LogP contribution is 2.30. The summed E-state index contributed by atoms with van der Waals surface area (Å²) in [5, 5.41) is 0. The molecule has 1 unspecified atom stereocenters. The molecule has 3 rings (SSSR count). The lowest BCUT2D eigenvalue weighted by atomic mass is 9.96. The Morgan fingerprint density at radius 3 is 2.48 bits per heavy atom. The summed E-state index contributed by atoms with van der Waals surface area (Å²) in [4.78, 5) is 12.5. The normalized spacial score (nSPS) is 20.1. The van der Waals surface area contributed by atoms with Gasteiger partial charge in [-0.05, 0) is 49.0 Å². The zero-order valence-corrected chi connectivity index (χ0v) is 12.4. The second kappa shape index (κ2) is 6.09. The zero-order chi connectivity index (χ0) is 14.7. The summed E-state index contributed by atoms with van der Waals surface area (Å²) in [7, 11) is 0. The predicted molar refractivity (Wildman–Crippen MR) is 87.0 cm³/mol. The van der Waals surface area contributed by atoms with E-state index in [0.29, 0.717) is 5.78 Å². The van der Waals surface area contributed by atoms with Crippen LogP contribution in [-0.2, 0) is 11.2 Å². The summed E-state index contributed by atoms with van der Waals surface area (Å²) in [5.41, 5.74) is 4.64. The third kappa shape index (κ3) is 3.30. The lowest BCUT2D eigenvalue weighted by Crippen LogP contribution is -2.10. The molecule has 1 heteroatoms. The van der Waals surface area contributed by atoms with E-state index in [0.717, 1.165) is 30.4 Å². The van der Waals surface area contributed by atoms with E-state index in [1.54, 1.807) is 0 Å². The topological polar surface area (TPSA) is 17.1 Å². The predicted octanol–water partition coefficient (Wildman–Crippen LogP) is 4.60. The number of rotatable bonds is 3. The molecule has 0 N–H and O–H groups in total. The fraction of sp³-hybridized carbons (Fsp3) is 0.250. The maximum atomic E-state index is 12.5. The Kier molecular flexibility index (Phi) is 4.01. The summed E-state index contributed by atoms with van der Waals surface area (Å²) in [6.07, 6.45) is 4.80. The van der Waals surface area contributed by atoms with Crippen LogP contribution in [0, 0.1) is 12.8 Å². The summed E-state index contributed by atoms with van der Waals surface area (Å²) < 4.78 is 0. The SMILES string of the molecule is Cc1ccc(CC2CCC(=Cc3ccccc3)C2=O)cc1. The molecule has 106 valence electrons. The molecule has 0 bridgehead atoms. The number of Topliss-reactive ketones (excluding diaryl/α,β-unsaturated/α-hetero) is 1. The van der Waals surface area contributed by atoms with Gasteiger partial charge in [0.2, 0.25) is 0 Å². The van der Waals surface area contributed by atoms with Gasteiger partial charge < -0.3 is 0 Å². The van der Waals surface area contributed by atoms with Crippen LogP contribution in [0.25, 0.3) is 6.08 Å². The Labute approximate surface area is 126 Å². The Morgan fingerprint density at radius 2 is 1.76 bits per heavy atom. The minimum atomic E-state index is 0.155. The molecule has 1 fully saturated rings. The number of allylic oxidation sites excluding steroid dienone is 1. The van der Waals surface area contributed by atoms with Gasteiger partial charge in [-0.1, -0.05) is 60.2 Å². The molecule has 0 heterocycles. The van der Waals surface area contributed by atoms with Gasteiger partial charge in [-0.15, -0.1) is 0 Å². The van der Waals surface area contributed by atoms with Crippen LogP contribution in [0.3, 0.4) is 0 Å². The first-order valence-electron chi connectivity index (χ1n) is 7.58. The quantitative estimate of drug-likeness (QED) is 0.749. The fourth-order valence-electron chi connectivity index (χ4n) is 2.94. The van der Waals surface area contributed by atoms with Gasteiger partial charge in [0.25, 0.3) is 0 Å². The van der Waals surface area contributed by atoms with Gasteiger partial charge in [-0.2, -0.15) is 0 Å². The van der Waals surface area contributed by atoms with Gasteiger partial charge in [0.15, 0.2) is 5.78 Å². The van der Waals surface area contributed by atoms with Gasteiger partial charge in [0.05, 0.1) is 0 Å². The van der Waals surface area contributed by atoms with E-state index >= 15 is 0 Å². The first-order chi connectivity index (χ1) is 10.2. The Balaban J connectivity index is 1.72. The minimum absolute atomic E-state index is 0.155. The molecule has 0 saturated heterocycles. The summed E-state index contributed by atoms with van der Waals surface area (Å²) >= 11 is 0. The molecule has 21 heavy (non-hydrogen) atoms. The summed E-state index contributed by atoms with van der Waals surface area (Å²) in [5.74, 6) is 0.488. The van der Waals surface area contributed by atoms with Crippen molar-refractivity contribution < 1.29 is 4.79 Å². The van der Waals surface area contributed by atoms with Gasteiger partial charge in [0.1, 0.15) is 0 Å². The highest BCUT2D eigenvalue weighted by Gasteiger charge is 2.28. The molecular formula is C20H20O. The van der Waals surface area contributed by atoms with E-state index in [1.807, 2.05) is 30.3 Å². The monoisotopic (exact) mass is 276 g/mol. The maximum absolute atomic E-state index is 12.5. The first-order valence-corrected chi connectivity index (χ1v) is 7.58. The van der Waals surface area contributed by atoms with E-state index in [4.69, 9.17) is 0 Å². The van der Waals surface area contributed by atoms with Crippen LogP contribution in [-0.4, -0.2) is 5.78 Å². The standard InChI is InChI=1S/C20H20O/c1-15-7-9-17(10-8-15)14-19-12-11-18(20(19)21)13-16-5-3-2-4-6-16/h2-10,13,19H,11-12,14H2,1H3. The van der Waals surface area contributed by atoms with Gasteiger partial charge in [-0.3, -0.25) is 4.79 Å². The average Bonchev–Trinajstić information content (AvgIpc) is 2.84. The Bertz CT molecular complexity index is 650. The maximum Gasteiger partial charge on any atom is 0.162 e. The third-order valence-electron chi connectivity index (χ3n) is 4.19. The molecule has 2 aromatic rings. The van der Waals surface area contributed by atoms with Gasteiger partial charge in [-0.25, -0.2) is 0 Å². The van der Waals surface area contributed by atoms with Crippen LogP contribution in [0.2, 0.25) is 0 Å². The lowest BCUT2D eigenvalue weighted by molar-refractivity contribution is -0.117. The van der Waals surface area contributed by atoms with E-state index in [9.17, 15) is 4.79 Å².